The van der Waals surface area contributed by atoms with Crippen LogP contribution in [0.25, 0.3) is 0 Å². The highest BCUT2D eigenvalue weighted by molar-refractivity contribution is 6.32. The molecule has 0 unspecified atom stereocenters. The molecule has 0 atom stereocenters. The largest absolute Gasteiger partial charge is 0.439 e. The number of aromatic nitrogens is 1. The molecule has 21 heavy (non-hydrogen) atoms. The second-order valence-electron chi connectivity index (χ2n) is 4.53. The van der Waals surface area contributed by atoms with Crippen molar-refractivity contribution in [2.45, 2.75) is 13.8 Å². The van der Waals surface area contributed by atoms with Gasteiger partial charge in [0.2, 0.25) is 5.88 Å². The Balaban J connectivity index is 2.39. The summed E-state index contributed by atoms with van der Waals surface area (Å²) in [5.41, 5.74) is 1.64. The third-order valence-corrected chi connectivity index (χ3v) is 3.48. The molecular weight excluding hydrogens is 294 g/mol. The highest BCUT2D eigenvalue weighted by Crippen LogP contribution is 2.30. The van der Waals surface area contributed by atoms with Crippen LogP contribution in [0.3, 0.4) is 0 Å². The summed E-state index contributed by atoms with van der Waals surface area (Å²) in [6, 6.07) is 6.13. The Bertz CT molecular complexity index is 681. The van der Waals surface area contributed by atoms with E-state index >= 15 is 0 Å². The fourth-order valence-corrected chi connectivity index (χ4v) is 1.97. The van der Waals surface area contributed by atoms with Crippen LogP contribution in [0.1, 0.15) is 11.1 Å². The van der Waals surface area contributed by atoms with Gasteiger partial charge < -0.3 is 10.1 Å². The molecule has 110 valence electrons. The van der Waals surface area contributed by atoms with E-state index < -0.39 is 4.92 Å². The lowest BCUT2D eigenvalue weighted by Gasteiger charge is -2.10. The number of halogens is 1. The van der Waals surface area contributed by atoms with Gasteiger partial charge in [-0.05, 0) is 37.1 Å². The first kappa shape index (κ1) is 15.1. The molecule has 0 aliphatic heterocycles. The van der Waals surface area contributed by atoms with Gasteiger partial charge in [0.1, 0.15) is 11.6 Å². The highest BCUT2D eigenvalue weighted by Gasteiger charge is 2.13. The summed E-state index contributed by atoms with van der Waals surface area (Å²) >= 11 is 6.10. The number of nitrogens with zero attached hydrogens (tertiary/aromatic N) is 2. The first-order valence-electron chi connectivity index (χ1n) is 6.19. The number of pyridine rings is 1. The Kier molecular flexibility index (Phi) is 4.28. The average Bonchev–Trinajstić information content (AvgIpc) is 2.44. The van der Waals surface area contributed by atoms with Gasteiger partial charge >= 0.3 is 0 Å². The van der Waals surface area contributed by atoms with Crippen molar-refractivity contribution in [3.63, 3.8) is 0 Å². The smallest absolute Gasteiger partial charge is 0.278 e. The number of benzene rings is 1. The van der Waals surface area contributed by atoms with Crippen LogP contribution < -0.4 is 10.1 Å². The summed E-state index contributed by atoms with van der Waals surface area (Å²) in [5.74, 6) is 1.04. The van der Waals surface area contributed by atoms with Gasteiger partial charge in [-0.25, -0.2) is 0 Å². The molecule has 1 N–H and O–H groups in total. The average molecular weight is 308 g/mol. The molecule has 7 heteroatoms. The third-order valence-electron chi connectivity index (χ3n) is 2.89. The predicted molar refractivity (Wildman–Crippen MR) is 81.4 cm³/mol. The summed E-state index contributed by atoms with van der Waals surface area (Å²) in [7, 11) is 1.63. The van der Waals surface area contributed by atoms with Gasteiger partial charge in [0.15, 0.2) is 0 Å². The van der Waals surface area contributed by atoms with Gasteiger partial charge in [-0.15, -0.1) is 0 Å². The summed E-state index contributed by atoms with van der Waals surface area (Å²) in [4.78, 5) is 14.6. The Labute approximate surface area is 126 Å². The summed E-state index contributed by atoms with van der Waals surface area (Å²) in [6.45, 7) is 3.73. The molecule has 0 radical (unpaired) electrons. The van der Waals surface area contributed by atoms with Crippen LogP contribution in [0.4, 0.5) is 11.5 Å². The van der Waals surface area contributed by atoms with Crippen molar-refractivity contribution in [1.82, 2.24) is 4.98 Å². The molecule has 0 saturated carbocycles. The molecule has 1 aromatic carbocycles. The molecule has 0 aliphatic carbocycles. The van der Waals surface area contributed by atoms with Crippen molar-refractivity contribution >= 4 is 23.1 Å². The molecule has 0 bridgehead atoms. The quantitative estimate of drug-likeness (QED) is 0.680. The zero-order valence-electron chi connectivity index (χ0n) is 11.8. The van der Waals surface area contributed by atoms with Crippen LogP contribution in [-0.4, -0.2) is 17.0 Å². The summed E-state index contributed by atoms with van der Waals surface area (Å²) in [6.07, 6.45) is 0. The number of ether oxygens (including phenoxy) is 1. The van der Waals surface area contributed by atoms with E-state index in [1.807, 2.05) is 13.8 Å². The van der Waals surface area contributed by atoms with Gasteiger partial charge in [-0.3, -0.25) is 10.1 Å². The number of aryl methyl sites for hydroxylation is 2. The van der Waals surface area contributed by atoms with E-state index in [-0.39, 0.29) is 11.6 Å². The Morgan fingerprint density at radius 1 is 1.24 bits per heavy atom. The molecule has 1 aromatic heterocycles. The first-order chi connectivity index (χ1) is 9.90. The van der Waals surface area contributed by atoms with E-state index in [9.17, 15) is 10.1 Å². The van der Waals surface area contributed by atoms with E-state index in [0.29, 0.717) is 16.6 Å². The number of nitro groups is 1. The van der Waals surface area contributed by atoms with Gasteiger partial charge in [-0.2, -0.15) is 4.98 Å². The molecule has 2 aromatic rings. The Morgan fingerprint density at radius 3 is 2.38 bits per heavy atom. The summed E-state index contributed by atoms with van der Waals surface area (Å²) in [5, 5.41) is 14.3. The number of hydrogen-bond donors (Lipinski definition) is 1. The van der Waals surface area contributed by atoms with Crippen molar-refractivity contribution in [3.8, 4) is 11.6 Å². The van der Waals surface area contributed by atoms with E-state index in [1.165, 1.54) is 12.1 Å². The Hall–Kier alpha value is -2.34. The van der Waals surface area contributed by atoms with Crippen molar-refractivity contribution in [2.75, 3.05) is 12.4 Å². The van der Waals surface area contributed by atoms with Crippen LogP contribution in [0.15, 0.2) is 24.3 Å². The van der Waals surface area contributed by atoms with E-state index in [4.69, 9.17) is 16.3 Å². The van der Waals surface area contributed by atoms with Crippen molar-refractivity contribution in [1.29, 1.82) is 0 Å². The minimum Gasteiger partial charge on any atom is -0.439 e. The molecular formula is C14H14ClN3O3. The fourth-order valence-electron chi connectivity index (χ4n) is 1.86. The maximum absolute atomic E-state index is 10.9. The van der Waals surface area contributed by atoms with Crippen molar-refractivity contribution in [3.05, 3.63) is 50.5 Å². The van der Waals surface area contributed by atoms with Gasteiger partial charge in [0.05, 0.1) is 17.1 Å². The topological polar surface area (TPSA) is 77.3 Å². The molecule has 2 rings (SSSR count). The normalized spacial score (nSPS) is 10.3. The fraction of sp³-hybridized carbons (Fsp3) is 0.214. The van der Waals surface area contributed by atoms with Gasteiger partial charge in [-0.1, -0.05) is 11.6 Å². The number of anilines is 1. The maximum Gasteiger partial charge on any atom is 0.278 e. The van der Waals surface area contributed by atoms with Crippen LogP contribution in [0, 0.1) is 24.0 Å². The minimum atomic E-state index is -0.492. The van der Waals surface area contributed by atoms with Crippen LogP contribution in [0.2, 0.25) is 5.02 Å². The van der Waals surface area contributed by atoms with Crippen molar-refractivity contribution < 1.29 is 9.66 Å². The minimum absolute atomic E-state index is 0.0910. The highest BCUT2D eigenvalue weighted by atomic mass is 35.5. The molecule has 0 saturated heterocycles. The standard InChI is InChI=1S/C14H14ClN3O3/c1-8-4-11(5-9(2)14(8)15)21-13-7-10(18(19)20)6-12(16-3)17-13/h4-7H,1-3H3,(H,16,17). The zero-order chi connectivity index (χ0) is 15.6. The molecule has 0 spiro atoms. The molecule has 0 fully saturated rings. The summed E-state index contributed by atoms with van der Waals surface area (Å²) < 4.78 is 5.61. The monoisotopic (exact) mass is 307 g/mol. The van der Waals surface area contributed by atoms with Crippen LogP contribution in [-0.2, 0) is 0 Å². The van der Waals surface area contributed by atoms with Crippen molar-refractivity contribution in [2.24, 2.45) is 0 Å². The van der Waals surface area contributed by atoms with E-state index in [2.05, 4.69) is 10.3 Å². The van der Waals surface area contributed by atoms with Crippen LogP contribution >= 0.6 is 11.6 Å². The molecule has 6 nitrogen and oxygen atoms in total. The predicted octanol–water partition coefficient (Wildman–Crippen LogP) is 4.09. The molecule has 1 heterocycles. The third kappa shape index (κ3) is 3.41. The lowest BCUT2D eigenvalue weighted by molar-refractivity contribution is -0.384. The number of hydrogen-bond acceptors (Lipinski definition) is 5. The first-order valence-corrected chi connectivity index (χ1v) is 6.57. The number of rotatable bonds is 4. The lowest BCUT2D eigenvalue weighted by Crippen LogP contribution is -1.98. The maximum atomic E-state index is 10.9. The second-order valence-corrected chi connectivity index (χ2v) is 4.91. The van der Waals surface area contributed by atoms with E-state index in [0.717, 1.165) is 11.1 Å². The second kappa shape index (κ2) is 5.97. The molecule has 0 amide bonds. The SMILES string of the molecule is CNc1cc([N+](=O)[O-])cc(Oc2cc(C)c(Cl)c(C)c2)n1. The van der Waals surface area contributed by atoms with Gasteiger partial charge in [0.25, 0.3) is 5.69 Å². The Morgan fingerprint density at radius 2 is 1.86 bits per heavy atom. The molecule has 0 aliphatic rings. The zero-order valence-corrected chi connectivity index (χ0v) is 12.6. The lowest BCUT2D eigenvalue weighted by atomic mass is 10.1. The van der Waals surface area contributed by atoms with Crippen LogP contribution in [0.5, 0.6) is 11.6 Å². The van der Waals surface area contributed by atoms with Gasteiger partial charge in [0, 0.05) is 12.1 Å². The van der Waals surface area contributed by atoms with E-state index in [1.54, 1.807) is 19.2 Å². The number of nitrogens with one attached hydrogen (secondary N) is 1.